The number of amides is 1. The second-order valence-corrected chi connectivity index (χ2v) is 5.94. The summed E-state index contributed by atoms with van der Waals surface area (Å²) in [6.07, 6.45) is -1.43. The van der Waals surface area contributed by atoms with Gasteiger partial charge in [-0.3, -0.25) is 4.90 Å². The van der Waals surface area contributed by atoms with E-state index in [2.05, 4.69) is 13.1 Å². The van der Waals surface area contributed by atoms with E-state index in [1.807, 2.05) is 18.2 Å². The normalized spacial score (nSPS) is 9.67. The Hall–Kier alpha value is -0.0592. The summed E-state index contributed by atoms with van der Waals surface area (Å²) in [6, 6.07) is 7.45. The first-order chi connectivity index (χ1) is 6.52. The number of hydrogen-bond acceptors (Lipinski definition) is 1. The summed E-state index contributed by atoms with van der Waals surface area (Å²) in [4.78, 5) is 11.5. The monoisotopic (exact) mass is 299 g/mol. The molecule has 1 amide bonds. The van der Waals surface area contributed by atoms with Gasteiger partial charge in [-0.2, -0.15) is 0 Å². The van der Waals surface area contributed by atoms with E-state index in [1.165, 1.54) is 12.2 Å². The van der Waals surface area contributed by atoms with Gasteiger partial charge in [0.2, 0.25) is 0 Å². The zero-order valence-corrected chi connectivity index (χ0v) is 13.0. The van der Waals surface area contributed by atoms with Gasteiger partial charge in [0.25, 0.3) is 0 Å². The largest absolute Gasteiger partial charge is 0.404 e. The van der Waals surface area contributed by atoms with Crippen LogP contribution in [0.1, 0.15) is 0 Å². The Bertz CT molecular complexity index is 346. The molecule has 0 saturated heterocycles. The van der Waals surface area contributed by atoms with Crippen LogP contribution in [0.25, 0.3) is 0 Å². The van der Waals surface area contributed by atoms with Gasteiger partial charge in [0, 0.05) is 45.4 Å². The van der Waals surface area contributed by atoms with Crippen molar-refractivity contribution in [3.63, 3.8) is 0 Å². The summed E-state index contributed by atoms with van der Waals surface area (Å²) in [7, 11) is 0.877. The predicted octanol–water partition coefficient (Wildman–Crippen LogP) is 2.17. The van der Waals surface area contributed by atoms with E-state index in [1.54, 1.807) is 6.07 Å². The van der Waals surface area contributed by atoms with Crippen molar-refractivity contribution in [1.82, 2.24) is 0 Å². The fraction of sp³-hybridized carbons (Fsp3) is 0.300. The van der Waals surface area contributed by atoms with Crippen molar-refractivity contribution in [1.29, 1.82) is 0 Å². The third kappa shape index (κ3) is 4.13. The molecule has 0 aliphatic carbocycles. The summed E-state index contributed by atoms with van der Waals surface area (Å²) < 4.78 is 12.4. The third-order valence-electron chi connectivity index (χ3n) is 2.07. The van der Waals surface area contributed by atoms with Gasteiger partial charge >= 0.3 is 6.16 Å². The molecular formula is C10H13FNOSiY. The van der Waals surface area contributed by atoms with Gasteiger partial charge < -0.3 is 0 Å². The molecular weight excluding hydrogens is 286 g/mol. The Kier molecular flexibility index (Phi) is 6.48. The summed E-state index contributed by atoms with van der Waals surface area (Å²) in [5.74, 6) is 0. The fourth-order valence-electron chi connectivity index (χ4n) is 1.13. The zero-order chi connectivity index (χ0) is 10.7. The number of hydrogen-bond donors (Lipinski definition) is 0. The minimum Gasteiger partial charge on any atom is -0.287 e. The molecule has 15 heavy (non-hydrogen) atoms. The molecule has 0 fully saturated rings. The summed E-state index contributed by atoms with van der Waals surface area (Å²) >= 11 is 0. The van der Waals surface area contributed by atoms with Gasteiger partial charge in [-0.05, 0) is 12.1 Å². The van der Waals surface area contributed by atoms with Gasteiger partial charge in [-0.15, -0.1) is 4.39 Å². The predicted molar refractivity (Wildman–Crippen MR) is 58.5 cm³/mol. The van der Waals surface area contributed by atoms with E-state index < -0.39 is 15.0 Å². The van der Waals surface area contributed by atoms with Crippen LogP contribution in [-0.2, 0) is 32.7 Å². The Balaban J connectivity index is 0.00000196. The first-order valence-electron chi connectivity index (χ1n) is 4.36. The maximum atomic E-state index is 12.4. The Morgan fingerprint density at radius 3 is 2.47 bits per heavy atom. The number of benzene rings is 1. The molecule has 0 heterocycles. The molecule has 0 aliphatic heterocycles. The van der Waals surface area contributed by atoms with Gasteiger partial charge in [0.05, 0.1) is 8.80 Å². The smallest absolute Gasteiger partial charge is 0.287 e. The molecule has 0 atom stereocenters. The quantitative estimate of drug-likeness (QED) is 0.466. The van der Waals surface area contributed by atoms with E-state index in [9.17, 15) is 9.18 Å². The van der Waals surface area contributed by atoms with Crippen molar-refractivity contribution >= 4 is 25.8 Å². The van der Waals surface area contributed by atoms with Crippen molar-refractivity contribution in [2.75, 3.05) is 11.9 Å². The molecule has 1 aromatic carbocycles. The molecule has 0 bridgehead atoms. The molecule has 0 aliphatic rings. The van der Waals surface area contributed by atoms with Crippen LogP contribution in [0, 0.1) is 0 Å². The minimum atomic E-state index is -1.43. The molecule has 0 aromatic heterocycles. The molecule has 2 radical (unpaired) electrons. The van der Waals surface area contributed by atoms with E-state index in [-0.39, 0.29) is 32.7 Å². The molecule has 1 aromatic rings. The average molecular weight is 299 g/mol. The van der Waals surface area contributed by atoms with Crippen LogP contribution in [0.5, 0.6) is 0 Å². The number of rotatable bonds is 2. The van der Waals surface area contributed by atoms with Crippen molar-refractivity contribution in [2.45, 2.75) is 13.1 Å². The van der Waals surface area contributed by atoms with Crippen molar-refractivity contribution in [3.05, 3.63) is 24.3 Å². The van der Waals surface area contributed by atoms with Crippen LogP contribution < -0.4 is 10.1 Å². The van der Waals surface area contributed by atoms with Crippen LogP contribution >= 0.6 is 0 Å². The van der Waals surface area contributed by atoms with Crippen molar-refractivity contribution < 1.29 is 41.9 Å². The maximum absolute atomic E-state index is 12.4. The number of carbonyl (C=O) groups is 1. The molecule has 78 valence electrons. The van der Waals surface area contributed by atoms with Gasteiger partial charge in [-0.25, -0.2) is 4.79 Å². The maximum Gasteiger partial charge on any atom is 0.404 e. The summed E-state index contributed by atoms with van der Waals surface area (Å²) in [5.41, 5.74) is 0.612. The van der Waals surface area contributed by atoms with E-state index in [0.717, 1.165) is 4.90 Å². The van der Waals surface area contributed by atoms with Crippen molar-refractivity contribution in [2.24, 2.45) is 0 Å². The minimum absolute atomic E-state index is 0. The Morgan fingerprint density at radius 2 is 2.00 bits per heavy atom. The number of nitrogens with zero attached hydrogens (tertiary/aromatic N) is 1. The van der Waals surface area contributed by atoms with Crippen LogP contribution in [0.3, 0.4) is 0 Å². The SMILES string of the molecule is CN(C(=O)F)c1cccc([Si](C)C)c1.[Y]. The van der Waals surface area contributed by atoms with Gasteiger partial charge in [-0.1, -0.05) is 30.4 Å². The summed E-state index contributed by atoms with van der Waals surface area (Å²) in [5, 5.41) is 1.20. The van der Waals surface area contributed by atoms with E-state index in [0.29, 0.717) is 5.69 Å². The number of carbonyl (C=O) groups excluding carboxylic acids is 1. The number of anilines is 1. The van der Waals surface area contributed by atoms with Crippen LogP contribution in [-0.4, -0.2) is 22.0 Å². The second kappa shape index (κ2) is 6.51. The van der Waals surface area contributed by atoms with E-state index in [4.69, 9.17) is 0 Å². The van der Waals surface area contributed by atoms with E-state index >= 15 is 0 Å². The molecule has 5 heteroatoms. The van der Waals surface area contributed by atoms with Crippen LogP contribution in [0.2, 0.25) is 13.1 Å². The standard InChI is InChI=1S/C10H13FNOSi.Y/c1-12(10(11)13)8-5-4-6-9(7-8)14(2)3;/h4-7H,1-3H3;. The van der Waals surface area contributed by atoms with Crippen molar-refractivity contribution in [3.8, 4) is 0 Å². The first-order valence-corrected chi connectivity index (χ1v) is 6.86. The Labute approximate surface area is 116 Å². The topological polar surface area (TPSA) is 20.3 Å². The zero-order valence-electron chi connectivity index (χ0n) is 9.12. The molecule has 0 saturated carbocycles. The molecule has 0 unspecified atom stereocenters. The molecule has 1 rings (SSSR count). The van der Waals surface area contributed by atoms with Gasteiger partial charge in [0.15, 0.2) is 0 Å². The van der Waals surface area contributed by atoms with Crippen LogP contribution in [0.4, 0.5) is 14.9 Å². The third-order valence-corrected chi connectivity index (χ3v) is 3.54. The first kappa shape index (κ1) is 14.9. The Morgan fingerprint density at radius 1 is 1.40 bits per heavy atom. The fourth-order valence-corrected chi connectivity index (χ4v) is 1.99. The van der Waals surface area contributed by atoms with Crippen LogP contribution in [0.15, 0.2) is 24.3 Å². The molecule has 0 N–H and O–H groups in total. The average Bonchev–Trinajstić information content (AvgIpc) is 2.16. The second-order valence-electron chi connectivity index (χ2n) is 3.36. The molecule has 2 nitrogen and oxygen atoms in total. The number of halogens is 1. The van der Waals surface area contributed by atoms with Gasteiger partial charge in [0.1, 0.15) is 0 Å². The summed E-state index contributed by atoms with van der Waals surface area (Å²) in [6.45, 7) is 4.31. The molecule has 0 spiro atoms.